The van der Waals surface area contributed by atoms with Crippen molar-refractivity contribution in [3.63, 3.8) is 0 Å². The van der Waals surface area contributed by atoms with Crippen molar-refractivity contribution in [3.8, 4) is 11.5 Å². The number of amides is 1. The number of allylic oxidation sites excluding steroid dienone is 1. The summed E-state index contributed by atoms with van der Waals surface area (Å²) in [7, 11) is 4.58. The number of pyridine rings is 1. The van der Waals surface area contributed by atoms with E-state index in [1.807, 2.05) is 0 Å². The van der Waals surface area contributed by atoms with Crippen molar-refractivity contribution in [3.05, 3.63) is 53.7 Å². The molecule has 1 amide bonds. The normalized spacial score (nSPS) is 16.3. The van der Waals surface area contributed by atoms with Crippen molar-refractivity contribution in [2.45, 2.75) is 25.4 Å². The lowest BCUT2D eigenvalue weighted by Gasteiger charge is -2.16. The van der Waals surface area contributed by atoms with Crippen LogP contribution in [0.4, 0.5) is 10.1 Å². The molecule has 4 rings (SSSR count). The Morgan fingerprint density at radius 2 is 2.20 bits per heavy atom. The molecule has 2 aromatic heterocycles. The number of rotatable bonds is 8. The molecular weight excluding hydrogens is 453 g/mol. The van der Waals surface area contributed by atoms with Crippen molar-refractivity contribution >= 4 is 34.5 Å². The molecule has 3 aromatic rings. The first kappa shape index (κ1) is 23.9. The van der Waals surface area contributed by atoms with E-state index in [9.17, 15) is 4.79 Å². The van der Waals surface area contributed by atoms with Gasteiger partial charge in [-0.25, -0.2) is 14.4 Å². The number of carbonyl (C=O) groups is 1. The molecule has 3 N–H and O–H groups in total. The number of carbonyl (C=O) groups excluding carboxylic acids is 1. The molecule has 11 heteroatoms. The molecular formula is C24H26FN7O3. The Bertz CT molecular complexity index is 1380. The molecule has 0 aliphatic carbocycles. The maximum absolute atomic E-state index is 15.1. The third kappa shape index (κ3) is 4.98. The van der Waals surface area contributed by atoms with Gasteiger partial charge in [0.25, 0.3) is 0 Å². The monoisotopic (exact) mass is 479 g/mol. The van der Waals surface area contributed by atoms with Gasteiger partial charge in [-0.05, 0) is 18.6 Å². The number of hydrogen-bond acceptors (Lipinski definition) is 8. The van der Waals surface area contributed by atoms with Crippen molar-refractivity contribution in [2.24, 2.45) is 4.99 Å². The molecule has 3 heterocycles. The number of nitrogens with zero attached hydrogens (tertiary/aromatic N) is 4. The Morgan fingerprint density at radius 1 is 1.37 bits per heavy atom. The Balaban J connectivity index is 1.96. The minimum atomic E-state index is -0.628. The van der Waals surface area contributed by atoms with Crippen LogP contribution >= 0.6 is 0 Å². The van der Waals surface area contributed by atoms with E-state index in [1.165, 1.54) is 32.6 Å². The first-order valence-electron chi connectivity index (χ1n) is 11.0. The summed E-state index contributed by atoms with van der Waals surface area (Å²) in [5, 5.41) is 13.6. The topological polar surface area (TPSA) is 127 Å². The van der Waals surface area contributed by atoms with Gasteiger partial charge in [-0.1, -0.05) is 0 Å². The second kappa shape index (κ2) is 10.3. The Kier molecular flexibility index (Phi) is 7.04. The zero-order valence-electron chi connectivity index (χ0n) is 19.6. The molecule has 10 nitrogen and oxygen atoms in total. The van der Waals surface area contributed by atoms with Gasteiger partial charge in [0.05, 0.1) is 26.1 Å². The highest BCUT2D eigenvalue weighted by Crippen LogP contribution is 2.32. The summed E-state index contributed by atoms with van der Waals surface area (Å²) in [6, 6.07) is 6.25. The number of methoxy groups -OCH3 is 2. The minimum absolute atomic E-state index is 0.00778. The number of fused-ring (bicyclic) bond motifs is 1. The van der Waals surface area contributed by atoms with E-state index in [4.69, 9.17) is 19.9 Å². The van der Waals surface area contributed by atoms with Gasteiger partial charge in [0.1, 0.15) is 22.4 Å². The van der Waals surface area contributed by atoms with E-state index >= 15 is 4.39 Å². The van der Waals surface area contributed by atoms with Crippen LogP contribution in [0, 0.1) is 11.2 Å². The predicted octanol–water partition coefficient (Wildman–Crippen LogP) is 2.31. The SMILES string of the molecule is CN/C=C(\C=N)c1cnc2cc/c(=N\c3cc(OC)cc(OC)c3F)n(CC3CCC(=O)N3)c2n1. The van der Waals surface area contributed by atoms with E-state index in [2.05, 4.69) is 20.6 Å². The molecule has 1 unspecified atom stereocenters. The third-order valence-electron chi connectivity index (χ3n) is 5.63. The van der Waals surface area contributed by atoms with Crippen LogP contribution < -0.4 is 25.6 Å². The summed E-state index contributed by atoms with van der Waals surface area (Å²) >= 11 is 0. The Hall–Kier alpha value is -4.28. The van der Waals surface area contributed by atoms with Gasteiger partial charge < -0.3 is 30.1 Å². The highest BCUT2D eigenvalue weighted by atomic mass is 19.1. The molecule has 1 fully saturated rings. The van der Waals surface area contributed by atoms with E-state index in [-0.39, 0.29) is 23.4 Å². The molecule has 1 atom stereocenters. The Labute approximate surface area is 201 Å². The lowest BCUT2D eigenvalue weighted by molar-refractivity contribution is -0.119. The smallest absolute Gasteiger partial charge is 0.220 e. The molecule has 1 aromatic carbocycles. The zero-order chi connectivity index (χ0) is 24.9. The molecule has 1 aliphatic heterocycles. The lowest BCUT2D eigenvalue weighted by Crippen LogP contribution is -2.34. The number of benzene rings is 1. The van der Waals surface area contributed by atoms with Crippen LogP contribution in [-0.2, 0) is 11.3 Å². The van der Waals surface area contributed by atoms with E-state index in [0.29, 0.717) is 53.1 Å². The van der Waals surface area contributed by atoms with Gasteiger partial charge in [-0.3, -0.25) is 9.78 Å². The number of nitrogens with one attached hydrogen (secondary N) is 3. The predicted molar refractivity (Wildman–Crippen MR) is 129 cm³/mol. The van der Waals surface area contributed by atoms with Crippen molar-refractivity contribution in [1.82, 2.24) is 25.2 Å². The molecule has 0 bridgehead atoms. The minimum Gasteiger partial charge on any atom is -0.497 e. The Morgan fingerprint density at radius 3 is 2.86 bits per heavy atom. The fraction of sp³-hybridized carbons (Fsp3) is 0.292. The van der Waals surface area contributed by atoms with Crippen LogP contribution in [-0.4, -0.2) is 54.0 Å². The van der Waals surface area contributed by atoms with Crippen molar-refractivity contribution in [2.75, 3.05) is 21.3 Å². The maximum atomic E-state index is 15.1. The molecule has 182 valence electrons. The first-order chi connectivity index (χ1) is 17.0. The molecule has 0 saturated carbocycles. The summed E-state index contributed by atoms with van der Waals surface area (Å²) in [6.45, 7) is 0.360. The zero-order valence-corrected chi connectivity index (χ0v) is 19.6. The summed E-state index contributed by atoms with van der Waals surface area (Å²) in [5.41, 5.74) is 2.54. The fourth-order valence-corrected chi connectivity index (χ4v) is 3.88. The average molecular weight is 480 g/mol. The lowest BCUT2D eigenvalue weighted by atomic mass is 10.2. The van der Waals surface area contributed by atoms with Gasteiger partial charge in [-0.2, -0.15) is 0 Å². The summed E-state index contributed by atoms with van der Waals surface area (Å²) in [4.78, 5) is 25.7. The molecule has 1 aliphatic rings. The van der Waals surface area contributed by atoms with Crippen LogP contribution in [0.1, 0.15) is 18.5 Å². The van der Waals surface area contributed by atoms with Gasteiger partial charge in [0.15, 0.2) is 17.2 Å². The van der Waals surface area contributed by atoms with Crippen LogP contribution in [0.5, 0.6) is 11.5 Å². The van der Waals surface area contributed by atoms with E-state index in [1.54, 1.807) is 36.1 Å². The highest BCUT2D eigenvalue weighted by molar-refractivity contribution is 6.07. The number of ether oxygens (including phenoxy) is 2. The van der Waals surface area contributed by atoms with Crippen molar-refractivity contribution in [1.29, 1.82) is 5.41 Å². The van der Waals surface area contributed by atoms with Gasteiger partial charge in [0, 0.05) is 56.2 Å². The summed E-state index contributed by atoms with van der Waals surface area (Å²) in [6.07, 6.45) is 5.50. The fourth-order valence-electron chi connectivity index (χ4n) is 3.88. The van der Waals surface area contributed by atoms with Crippen LogP contribution in [0.15, 0.2) is 41.7 Å². The number of halogens is 1. The third-order valence-corrected chi connectivity index (χ3v) is 5.63. The van der Waals surface area contributed by atoms with Gasteiger partial charge in [0.2, 0.25) is 5.91 Å². The second-order valence-electron chi connectivity index (χ2n) is 7.88. The van der Waals surface area contributed by atoms with Gasteiger partial charge >= 0.3 is 0 Å². The summed E-state index contributed by atoms with van der Waals surface area (Å²) < 4.78 is 27.3. The largest absolute Gasteiger partial charge is 0.497 e. The highest BCUT2D eigenvalue weighted by Gasteiger charge is 2.22. The standard InChI is InChI=1S/C24H26FN7O3/c1-27-11-14(10-26)19-12-28-17-5-6-21(30-18-8-16(34-2)9-20(35-3)23(18)25)32(24(17)31-19)13-15-4-7-22(33)29-15/h5-6,8-12,15,26-27H,4,7,13H2,1-3H3,(H,29,33)/b14-11+,26-10?,30-21+. The maximum Gasteiger partial charge on any atom is 0.220 e. The van der Waals surface area contributed by atoms with Crippen LogP contribution in [0.3, 0.4) is 0 Å². The quantitative estimate of drug-likeness (QED) is 0.426. The van der Waals surface area contributed by atoms with Crippen LogP contribution in [0.2, 0.25) is 0 Å². The molecule has 0 spiro atoms. The second-order valence-corrected chi connectivity index (χ2v) is 7.88. The molecule has 1 saturated heterocycles. The van der Waals surface area contributed by atoms with E-state index < -0.39 is 5.82 Å². The summed E-state index contributed by atoms with van der Waals surface area (Å²) in [5.74, 6) is -0.245. The number of hydrogen-bond donors (Lipinski definition) is 3. The number of aromatic nitrogens is 3. The van der Waals surface area contributed by atoms with Gasteiger partial charge in [-0.15, -0.1) is 0 Å². The van der Waals surface area contributed by atoms with E-state index in [0.717, 1.165) is 0 Å². The first-order valence-corrected chi connectivity index (χ1v) is 11.0. The average Bonchev–Trinajstić information content (AvgIpc) is 3.29. The molecule has 0 radical (unpaired) electrons. The van der Waals surface area contributed by atoms with Crippen LogP contribution in [0.25, 0.3) is 16.7 Å². The van der Waals surface area contributed by atoms with Crippen molar-refractivity contribution < 1.29 is 18.7 Å². The molecule has 35 heavy (non-hydrogen) atoms.